The van der Waals surface area contributed by atoms with Crippen molar-refractivity contribution in [2.75, 3.05) is 13.1 Å². The van der Waals surface area contributed by atoms with Crippen LogP contribution in [0, 0.1) is 11.6 Å². The fourth-order valence-corrected chi connectivity index (χ4v) is 2.33. The summed E-state index contributed by atoms with van der Waals surface area (Å²) in [5.74, 6) is -1.31. The Bertz CT molecular complexity index is 481. The number of nitrogens with one attached hydrogen (secondary N) is 1. The van der Waals surface area contributed by atoms with Crippen LogP contribution in [0.2, 0.25) is 0 Å². The van der Waals surface area contributed by atoms with Gasteiger partial charge in [-0.05, 0) is 35.0 Å². The zero-order valence-electron chi connectivity index (χ0n) is 9.84. The monoisotopic (exact) mass is 318 g/mol. The molecule has 0 bridgehead atoms. The van der Waals surface area contributed by atoms with E-state index in [4.69, 9.17) is 0 Å². The van der Waals surface area contributed by atoms with Crippen LogP contribution in [-0.4, -0.2) is 29.9 Å². The summed E-state index contributed by atoms with van der Waals surface area (Å²) in [6.45, 7) is 2.90. The third kappa shape index (κ3) is 2.54. The van der Waals surface area contributed by atoms with Gasteiger partial charge in [0.2, 0.25) is 5.91 Å². The zero-order chi connectivity index (χ0) is 13.3. The second-order valence-corrected chi connectivity index (χ2v) is 5.11. The van der Waals surface area contributed by atoms with Crippen LogP contribution in [0.25, 0.3) is 0 Å². The Morgan fingerprint density at radius 2 is 2.22 bits per heavy atom. The summed E-state index contributed by atoms with van der Waals surface area (Å²) in [5.41, 5.74) is -0.00840. The number of hydrogen-bond acceptors (Lipinski definition) is 2. The van der Waals surface area contributed by atoms with E-state index < -0.39 is 11.6 Å². The summed E-state index contributed by atoms with van der Waals surface area (Å²) < 4.78 is 27.7. The van der Waals surface area contributed by atoms with Gasteiger partial charge in [0.05, 0.1) is 10.5 Å². The van der Waals surface area contributed by atoms with E-state index in [1.165, 1.54) is 12.1 Å². The minimum absolute atomic E-state index is 0.00840. The number of halogens is 3. The highest BCUT2D eigenvalue weighted by Crippen LogP contribution is 2.23. The average molecular weight is 319 g/mol. The van der Waals surface area contributed by atoms with Crippen LogP contribution >= 0.6 is 15.9 Å². The number of benzene rings is 1. The smallest absolute Gasteiger partial charge is 0.237 e. The molecule has 1 fully saturated rings. The number of nitrogens with zero attached hydrogens (tertiary/aromatic N) is 1. The fourth-order valence-electron chi connectivity index (χ4n) is 1.96. The van der Waals surface area contributed by atoms with Gasteiger partial charge in [-0.15, -0.1) is 0 Å². The predicted octanol–water partition coefficient (Wildman–Crippen LogP) is 2.05. The minimum Gasteiger partial charge on any atom is -0.353 e. The zero-order valence-corrected chi connectivity index (χ0v) is 11.4. The van der Waals surface area contributed by atoms with Crippen molar-refractivity contribution in [3.8, 4) is 0 Å². The van der Waals surface area contributed by atoms with Crippen molar-refractivity contribution in [1.82, 2.24) is 10.2 Å². The molecule has 3 nitrogen and oxygen atoms in total. The Labute approximate surface area is 112 Å². The van der Waals surface area contributed by atoms with Crippen LogP contribution in [-0.2, 0) is 11.3 Å². The number of carbonyl (C=O) groups excluding carboxylic acids is 1. The Morgan fingerprint density at radius 1 is 1.50 bits per heavy atom. The maximum atomic E-state index is 13.8. The third-order valence-electron chi connectivity index (χ3n) is 3.13. The van der Waals surface area contributed by atoms with Crippen LogP contribution in [0.5, 0.6) is 0 Å². The number of rotatable bonds is 2. The van der Waals surface area contributed by atoms with Crippen molar-refractivity contribution in [3.63, 3.8) is 0 Å². The lowest BCUT2D eigenvalue weighted by molar-refractivity contribution is -0.128. The summed E-state index contributed by atoms with van der Waals surface area (Å²) in [7, 11) is 0. The summed E-state index contributed by atoms with van der Waals surface area (Å²) in [5, 5.41) is 2.71. The summed E-state index contributed by atoms with van der Waals surface area (Å²) in [6.07, 6.45) is 0. The number of carbonyl (C=O) groups is 1. The lowest BCUT2D eigenvalue weighted by atomic mass is 10.1. The largest absolute Gasteiger partial charge is 0.353 e. The lowest BCUT2D eigenvalue weighted by Gasteiger charge is -2.32. The van der Waals surface area contributed by atoms with Crippen LogP contribution in [0.1, 0.15) is 12.5 Å². The standard InChI is InChI=1S/C12H13BrF2N2O/c1-7-12(18)16-4-5-17(7)6-8-10(14)3-2-9(13)11(8)15/h2-3,7H,4-6H2,1H3,(H,16,18). The molecular formula is C12H13BrF2N2O. The Morgan fingerprint density at radius 3 is 2.94 bits per heavy atom. The van der Waals surface area contributed by atoms with Crippen LogP contribution in [0.15, 0.2) is 16.6 Å². The molecule has 0 aromatic heterocycles. The first-order valence-corrected chi connectivity index (χ1v) is 6.44. The first kappa shape index (κ1) is 13.4. The highest BCUT2D eigenvalue weighted by atomic mass is 79.9. The molecule has 1 aliphatic heterocycles. The molecular weight excluding hydrogens is 306 g/mol. The second kappa shape index (κ2) is 5.32. The van der Waals surface area contributed by atoms with Crippen molar-refractivity contribution in [2.45, 2.75) is 19.5 Å². The predicted molar refractivity (Wildman–Crippen MR) is 66.9 cm³/mol. The van der Waals surface area contributed by atoms with E-state index in [1.807, 2.05) is 0 Å². The molecule has 18 heavy (non-hydrogen) atoms. The van der Waals surface area contributed by atoms with Crippen molar-refractivity contribution in [1.29, 1.82) is 0 Å². The average Bonchev–Trinajstić information content (AvgIpc) is 2.35. The second-order valence-electron chi connectivity index (χ2n) is 4.26. The molecule has 1 unspecified atom stereocenters. The fraction of sp³-hybridized carbons (Fsp3) is 0.417. The molecule has 98 valence electrons. The number of amides is 1. The van der Waals surface area contributed by atoms with E-state index in [1.54, 1.807) is 11.8 Å². The van der Waals surface area contributed by atoms with Crippen LogP contribution < -0.4 is 5.32 Å². The highest BCUT2D eigenvalue weighted by molar-refractivity contribution is 9.10. The molecule has 2 rings (SSSR count). The van der Waals surface area contributed by atoms with Gasteiger partial charge in [-0.1, -0.05) is 0 Å². The van der Waals surface area contributed by atoms with Gasteiger partial charge in [-0.25, -0.2) is 8.78 Å². The van der Waals surface area contributed by atoms with Gasteiger partial charge in [-0.3, -0.25) is 9.69 Å². The van der Waals surface area contributed by atoms with Crippen LogP contribution in [0.4, 0.5) is 8.78 Å². The van der Waals surface area contributed by atoms with E-state index in [2.05, 4.69) is 21.2 Å². The molecule has 0 aliphatic carbocycles. The van der Waals surface area contributed by atoms with Gasteiger partial charge in [0, 0.05) is 25.2 Å². The van der Waals surface area contributed by atoms with E-state index >= 15 is 0 Å². The van der Waals surface area contributed by atoms with Gasteiger partial charge in [0.15, 0.2) is 0 Å². The number of hydrogen-bond donors (Lipinski definition) is 1. The molecule has 1 aromatic rings. The SMILES string of the molecule is CC1C(=O)NCCN1Cc1c(F)ccc(Br)c1F. The molecule has 1 saturated heterocycles. The van der Waals surface area contributed by atoms with Gasteiger partial charge in [-0.2, -0.15) is 0 Å². The van der Waals surface area contributed by atoms with Gasteiger partial charge in [0.25, 0.3) is 0 Å². The van der Waals surface area contributed by atoms with Crippen molar-refractivity contribution < 1.29 is 13.6 Å². The molecule has 1 aromatic carbocycles. The van der Waals surface area contributed by atoms with Crippen molar-refractivity contribution in [3.05, 3.63) is 33.8 Å². The molecule has 1 aliphatic rings. The van der Waals surface area contributed by atoms with Crippen LogP contribution in [0.3, 0.4) is 0 Å². The Balaban J connectivity index is 2.23. The molecule has 0 radical (unpaired) electrons. The third-order valence-corrected chi connectivity index (χ3v) is 3.74. The first-order chi connectivity index (χ1) is 8.50. The molecule has 1 heterocycles. The van der Waals surface area contributed by atoms with Gasteiger partial charge < -0.3 is 5.32 Å². The molecule has 0 spiro atoms. The quantitative estimate of drug-likeness (QED) is 0.846. The van der Waals surface area contributed by atoms with Gasteiger partial charge in [0.1, 0.15) is 11.6 Å². The maximum absolute atomic E-state index is 13.8. The lowest BCUT2D eigenvalue weighted by Crippen LogP contribution is -2.53. The number of piperazine rings is 1. The first-order valence-electron chi connectivity index (χ1n) is 5.65. The Hall–Kier alpha value is -1.01. The molecule has 1 amide bonds. The Kier molecular flexibility index (Phi) is 3.97. The topological polar surface area (TPSA) is 32.3 Å². The normalized spacial score (nSPS) is 20.9. The minimum atomic E-state index is -0.604. The summed E-state index contributed by atoms with van der Waals surface area (Å²) >= 11 is 3.03. The highest BCUT2D eigenvalue weighted by Gasteiger charge is 2.27. The summed E-state index contributed by atoms with van der Waals surface area (Å²) in [6, 6.07) is 2.18. The summed E-state index contributed by atoms with van der Waals surface area (Å²) in [4.78, 5) is 13.2. The van der Waals surface area contributed by atoms with E-state index in [0.717, 1.165) is 0 Å². The molecule has 0 saturated carbocycles. The van der Waals surface area contributed by atoms with Gasteiger partial charge >= 0.3 is 0 Å². The van der Waals surface area contributed by atoms with E-state index in [-0.39, 0.29) is 28.5 Å². The van der Waals surface area contributed by atoms with E-state index in [0.29, 0.717) is 13.1 Å². The van der Waals surface area contributed by atoms with Crippen molar-refractivity contribution in [2.24, 2.45) is 0 Å². The molecule has 1 atom stereocenters. The molecule has 1 N–H and O–H groups in total. The van der Waals surface area contributed by atoms with Crippen molar-refractivity contribution >= 4 is 21.8 Å². The maximum Gasteiger partial charge on any atom is 0.237 e. The molecule has 6 heteroatoms. The van der Waals surface area contributed by atoms with E-state index in [9.17, 15) is 13.6 Å².